The van der Waals surface area contributed by atoms with Gasteiger partial charge in [0.15, 0.2) is 0 Å². The van der Waals surface area contributed by atoms with Gasteiger partial charge in [0.25, 0.3) is 0 Å². The highest BCUT2D eigenvalue weighted by atomic mass is 14.0. The summed E-state index contributed by atoms with van der Waals surface area (Å²) in [6.07, 6.45) is 22.0. The van der Waals surface area contributed by atoms with Gasteiger partial charge in [-0.2, -0.15) is 0 Å². The van der Waals surface area contributed by atoms with Crippen molar-refractivity contribution in [1.29, 1.82) is 0 Å². The number of hydrogen-bond acceptors (Lipinski definition) is 0. The molecule has 0 aromatic heterocycles. The largest absolute Gasteiger partial charge is 0.0811 e. The standard InChI is InChI=1S/C16H31/c1-3-5-7-9-11-13-15-16-14-12-10-8-6-4-2/h10H,3-7,9,11-16H2,1-2H3. The van der Waals surface area contributed by atoms with E-state index in [2.05, 4.69) is 26.0 Å². The maximum absolute atomic E-state index is 3.34. The monoisotopic (exact) mass is 223 g/mol. The molecule has 95 valence electrons. The molecular formula is C16H31. The summed E-state index contributed by atoms with van der Waals surface area (Å²) in [6.45, 7) is 4.49. The molecule has 0 unspecified atom stereocenters. The van der Waals surface area contributed by atoms with Gasteiger partial charge in [-0.05, 0) is 25.3 Å². The Kier molecular flexibility index (Phi) is 14.5. The van der Waals surface area contributed by atoms with Gasteiger partial charge in [-0.3, -0.25) is 0 Å². The highest BCUT2D eigenvalue weighted by Gasteiger charge is 1.90. The molecule has 0 fully saturated rings. The van der Waals surface area contributed by atoms with Crippen LogP contribution in [0, 0.1) is 6.08 Å². The van der Waals surface area contributed by atoms with Crippen LogP contribution in [0.4, 0.5) is 0 Å². The van der Waals surface area contributed by atoms with Crippen LogP contribution in [0.5, 0.6) is 0 Å². The summed E-state index contributed by atoms with van der Waals surface area (Å²) < 4.78 is 0. The van der Waals surface area contributed by atoms with Crippen molar-refractivity contribution >= 4 is 0 Å². The van der Waals surface area contributed by atoms with Crippen molar-refractivity contribution in [1.82, 2.24) is 0 Å². The topological polar surface area (TPSA) is 0 Å². The number of unbranched alkanes of at least 4 members (excludes halogenated alkanes) is 10. The summed E-state index contributed by atoms with van der Waals surface area (Å²) in [5.74, 6) is 0. The van der Waals surface area contributed by atoms with Crippen LogP contribution in [0.25, 0.3) is 0 Å². The van der Waals surface area contributed by atoms with Crippen molar-refractivity contribution in [2.24, 2.45) is 0 Å². The van der Waals surface area contributed by atoms with Crippen LogP contribution in [0.15, 0.2) is 6.08 Å². The van der Waals surface area contributed by atoms with Crippen molar-refractivity contribution in [3.63, 3.8) is 0 Å². The van der Waals surface area contributed by atoms with E-state index in [9.17, 15) is 0 Å². The Bertz CT molecular complexity index is 135. The maximum Gasteiger partial charge on any atom is -0.0282 e. The summed E-state index contributed by atoms with van der Waals surface area (Å²) in [4.78, 5) is 0. The zero-order chi connectivity index (χ0) is 11.9. The van der Waals surface area contributed by atoms with Crippen LogP contribution in [-0.2, 0) is 0 Å². The van der Waals surface area contributed by atoms with E-state index < -0.39 is 0 Å². The lowest BCUT2D eigenvalue weighted by Crippen LogP contribution is -1.80. The number of hydrogen-bond donors (Lipinski definition) is 0. The molecule has 0 saturated heterocycles. The SMILES string of the molecule is CCC/[C]=C\CCCCCCCCCCC. The van der Waals surface area contributed by atoms with Gasteiger partial charge in [-0.25, -0.2) is 0 Å². The van der Waals surface area contributed by atoms with Gasteiger partial charge >= 0.3 is 0 Å². The van der Waals surface area contributed by atoms with E-state index in [0.29, 0.717) is 0 Å². The van der Waals surface area contributed by atoms with Gasteiger partial charge in [-0.15, -0.1) is 0 Å². The van der Waals surface area contributed by atoms with Gasteiger partial charge in [0.2, 0.25) is 0 Å². The summed E-state index contributed by atoms with van der Waals surface area (Å²) in [7, 11) is 0. The van der Waals surface area contributed by atoms with E-state index in [1.807, 2.05) is 0 Å². The Hall–Kier alpha value is -0.260. The molecule has 1 radical (unpaired) electrons. The van der Waals surface area contributed by atoms with Gasteiger partial charge in [-0.1, -0.05) is 77.7 Å². The molecule has 0 aromatic rings. The van der Waals surface area contributed by atoms with E-state index in [4.69, 9.17) is 0 Å². The fourth-order valence-corrected chi connectivity index (χ4v) is 1.91. The quantitative estimate of drug-likeness (QED) is 0.352. The van der Waals surface area contributed by atoms with E-state index in [1.54, 1.807) is 0 Å². The maximum atomic E-state index is 3.34. The zero-order valence-corrected chi connectivity index (χ0v) is 11.6. The lowest BCUT2D eigenvalue weighted by molar-refractivity contribution is 0.566. The molecule has 0 spiro atoms. The molecule has 0 atom stereocenters. The van der Waals surface area contributed by atoms with E-state index in [0.717, 1.165) is 6.42 Å². The average molecular weight is 223 g/mol. The Morgan fingerprint density at radius 3 is 1.81 bits per heavy atom. The first-order valence-electron chi connectivity index (χ1n) is 7.46. The smallest absolute Gasteiger partial charge is 0.0282 e. The van der Waals surface area contributed by atoms with Crippen molar-refractivity contribution < 1.29 is 0 Å². The van der Waals surface area contributed by atoms with Crippen LogP contribution < -0.4 is 0 Å². The van der Waals surface area contributed by atoms with Crippen LogP contribution >= 0.6 is 0 Å². The van der Waals surface area contributed by atoms with E-state index in [-0.39, 0.29) is 0 Å². The fraction of sp³-hybridized carbons (Fsp3) is 0.875. The van der Waals surface area contributed by atoms with Crippen LogP contribution in [0.3, 0.4) is 0 Å². The van der Waals surface area contributed by atoms with Crippen molar-refractivity contribution in [2.75, 3.05) is 0 Å². The van der Waals surface area contributed by atoms with Gasteiger partial charge in [0.05, 0.1) is 0 Å². The molecule has 0 rings (SSSR count). The third-order valence-electron chi connectivity index (χ3n) is 2.99. The minimum Gasteiger partial charge on any atom is -0.0811 e. The second kappa shape index (κ2) is 14.7. The van der Waals surface area contributed by atoms with Crippen molar-refractivity contribution in [2.45, 2.75) is 90.9 Å². The van der Waals surface area contributed by atoms with Gasteiger partial charge < -0.3 is 0 Å². The van der Waals surface area contributed by atoms with Gasteiger partial charge in [0.1, 0.15) is 0 Å². The Labute approximate surface area is 104 Å². The van der Waals surface area contributed by atoms with Crippen LogP contribution in [0.1, 0.15) is 90.9 Å². The highest BCUT2D eigenvalue weighted by Crippen LogP contribution is 2.10. The van der Waals surface area contributed by atoms with Crippen LogP contribution in [0.2, 0.25) is 0 Å². The summed E-state index contributed by atoms with van der Waals surface area (Å²) in [6, 6.07) is 0. The molecule has 0 aliphatic carbocycles. The molecule has 0 aliphatic rings. The first-order valence-corrected chi connectivity index (χ1v) is 7.46. The van der Waals surface area contributed by atoms with Crippen molar-refractivity contribution in [3.8, 4) is 0 Å². The Morgan fingerprint density at radius 2 is 1.25 bits per heavy atom. The first kappa shape index (κ1) is 15.7. The number of rotatable bonds is 12. The molecular weight excluding hydrogens is 192 g/mol. The molecule has 0 heterocycles. The lowest BCUT2D eigenvalue weighted by Gasteiger charge is -2.00. The van der Waals surface area contributed by atoms with Crippen LogP contribution in [-0.4, -0.2) is 0 Å². The summed E-state index contributed by atoms with van der Waals surface area (Å²) in [5, 5.41) is 0. The van der Waals surface area contributed by atoms with E-state index >= 15 is 0 Å². The minimum atomic E-state index is 1.14. The molecule has 0 saturated carbocycles. The molecule has 0 N–H and O–H groups in total. The third-order valence-corrected chi connectivity index (χ3v) is 2.99. The Morgan fingerprint density at radius 1 is 0.688 bits per heavy atom. The fourth-order valence-electron chi connectivity index (χ4n) is 1.91. The molecule has 0 bridgehead atoms. The number of allylic oxidation sites excluding steroid dienone is 2. The molecule has 0 heteroatoms. The lowest BCUT2D eigenvalue weighted by atomic mass is 10.1. The third kappa shape index (κ3) is 13.7. The summed E-state index contributed by atoms with van der Waals surface area (Å²) in [5.41, 5.74) is 0. The second-order valence-electron chi connectivity index (χ2n) is 4.78. The normalized spacial score (nSPS) is 11.4. The molecule has 0 aromatic carbocycles. The second-order valence-corrected chi connectivity index (χ2v) is 4.78. The predicted molar refractivity (Wildman–Crippen MR) is 74.6 cm³/mol. The zero-order valence-electron chi connectivity index (χ0n) is 11.6. The van der Waals surface area contributed by atoms with Gasteiger partial charge in [0, 0.05) is 0 Å². The molecule has 0 nitrogen and oxygen atoms in total. The predicted octanol–water partition coefficient (Wildman–Crippen LogP) is 6.07. The minimum absolute atomic E-state index is 1.14. The van der Waals surface area contributed by atoms with E-state index in [1.165, 1.54) is 70.6 Å². The highest BCUT2D eigenvalue weighted by molar-refractivity contribution is 4.72. The summed E-state index contributed by atoms with van der Waals surface area (Å²) >= 11 is 0. The average Bonchev–Trinajstić information content (AvgIpc) is 2.31. The molecule has 0 amide bonds. The molecule has 0 aliphatic heterocycles. The first-order chi connectivity index (χ1) is 7.91. The van der Waals surface area contributed by atoms with Crippen molar-refractivity contribution in [3.05, 3.63) is 12.2 Å². The Balaban J connectivity index is 2.93. The molecule has 16 heavy (non-hydrogen) atoms.